The topological polar surface area (TPSA) is 46.5 Å². The molecule has 1 aromatic rings. The number of rotatable bonds is 3. The molecular weight excluding hydrogens is 235 g/mol. The van der Waals surface area contributed by atoms with Crippen LogP contribution in [0.5, 0.6) is 0 Å². The van der Waals surface area contributed by atoms with Gasteiger partial charge in [-0.05, 0) is 17.2 Å². The maximum atomic E-state index is 14.5. The van der Waals surface area contributed by atoms with E-state index in [9.17, 15) is 9.18 Å². The minimum Gasteiger partial charge on any atom is -0.497 e. The summed E-state index contributed by atoms with van der Waals surface area (Å²) in [7, 11) is 1.27. The number of alkyl halides is 1. The number of methoxy groups -OCH3 is 1. The smallest absolute Gasteiger partial charge is 0.349 e. The van der Waals surface area contributed by atoms with Gasteiger partial charge in [-0.25, -0.2) is 9.18 Å². The van der Waals surface area contributed by atoms with Crippen molar-refractivity contribution >= 4 is 11.5 Å². The molecule has 0 saturated heterocycles. The first-order valence-corrected chi connectivity index (χ1v) is 5.51. The summed E-state index contributed by atoms with van der Waals surface area (Å²) in [6, 6.07) is 9.14. The number of hydrogen-bond donors (Lipinski definition) is 1. The number of aliphatic carboxylic acids is 1. The van der Waals surface area contributed by atoms with Crippen molar-refractivity contribution in [2.45, 2.75) is 12.1 Å². The van der Waals surface area contributed by atoms with Crippen LogP contribution in [0.25, 0.3) is 5.57 Å². The summed E-state index contributed by atoms with van der Waals surface area (Å²) in [6.45, 7) is 0. The molecule has 1 unspecified atom stereocenters. The molecule has 0 saturated carbocycles. The maximum absolute atomic E-state index is 14.5. The van der Waals surface area contributed by atoms with Crippen LogP contribution in [0.3, 0.4) is 0 Å². The van der Waals surface area contributed by atoms with Gasteiger partial charge in [0.1, 0.15) is 5.76 Å². The first kappa shape index (κ1) is 12.4. The van der Waals surface area contributed by atoms with E-state index in [4.69, 9.17) is 9.84 Å². The van der Waals surface area contributed by atoms with Crippen LogP contribution < -0.4 is 0 Å². The number of ether oxygens (including phenoxy) is 1. The summed E-state index contributed by atoms with van der Waals surface area (Å²) < 4.78 is 19.3. The van der Waals surface area contributed by atoms with E-state index >= 15 is 0 Å². The van der Waals surface area contributed by atoms with Gasteiger partial charge in [0, 0.05) is 6.42 Å². The van der Waals surface area contributed by atoms with Gasteiger partial charge < -0.3 is 9.84 Å². The Morgan fingerprint density at radius 2 is 2.00 bits per heavy atom. The van der Waals surface area contributed by atoms with Gasteiger partial charge in [0.05, 0.1) is 7.11 Å². The van der Waals surface area contributed by atoms with E-state index < -0.39 is 11.6 Å². The van der Waals surface area contributed by atoms with Gasteiger partial charge in [0.2, 0.25) is 0 Å². The normalized spacial score (nSPS) is 23.0. The van der Waals surface area contributed by atoms with Crippen molar-refractivity contribution in [1.29, 1.82) is 0 Å². The van der Waals surface area contributed by atoms with Crippen molar-refractivity contribution in [3.8, 4) is 0 Å². The van der Waals surface area contributed by atoms with Gasteiger partial charge in [-0.3, -0.25) is 0 Å². The zero-order valence-electron chi connectivity index (χ0n) is 9.89. The molecule has 18 heavy (non-hydrogen) atoms. The third-order valence-corrected chi connectivity index (χ3v) is 2.96. The molecule has 94 valence electrons. The molecule has 1 N–H and O–H groups in total. The maximum Gasteiger partial charge on any atom is 0.349 e. The van der Waals surface area contributed by atoms with E-state index in [1.807, 2.05) is 30.3 Å². The predicted molar refractivity (Wildman–Crippen MR) is 65.6 cm³/mol. The first-order chi connectivity index (χ1) is 8.58. The van der Waals surface area contributed by atoms with Crippen LogP contribution in [0.15, 0.2) is 48.2 Å². The lowest BCUT2D eigenvalue weighted by molar-refractivity contribution is -0.150. The highest BCUT2D eigenvalue weighted by atomic mass is 19.1. The van der Waals surface area contributed by atoms with Gasteiger partial charge >= 0.3 is 5.97 Å². The van der Waals surface area contributed by atoms with E-state index in [1.54, 1.807) is 6.08 Å². The van der Waals surface area contributed by atoms with Gasteiger partial charge in [-0.15, -0.1) is 0 Å². The molecular formula is C14H13FO3. The first-order valence-electron chi connectivity index (χ1n) is 5.51. The molecule has 0 spiro atoms. The molecule has 1 aliphatic carbocycles. The second-order valence-electron chi connectivity index (χ2n) is 4.08. The molecule has 1 aromatic carbocycles. The van der Waals surface area contributed by atoms with E-state index in [1.165, 1.54) is 13.2 Å². The Bertz CT molecular complexity index is 519. The second-order valence-corrected chi connectivity index (χ2v) is 4.08. The van der Waals surface area contributed by atoms with E-state index in [2.05, 4.69) is 0 Å². The zero-order valence-corrected chi connectivity index (χ0v) is 9.89. The Kier molecular flexibility index (Phi) is 3.19. The molecule has 1 aliphatic rings. The molecule has 4 heteroatoms. The fraction of sp³-hybridized carbons (Fsp3) is 0.214. The van der Waals surface area contributed by atoms with Crippen LogP contribution in [-0.4, -0.2) is 23.9 Å². The Morgan fingerprint density at radius 3 is 2.56 bits per heavy atom. The summed E-state index contributed by atoms with van der Waals surface area (Å²) in [6.07, 6.45) is 2.83. The predicted octanol–water partition coefficient (Wildman–Crippen LogP) is 2.80. The number of carboxylic acid groups (broad SMARTS) is 1. The summed E-state index contributed by atoms with van der Waals surface area (Å²) in [5, 5.41) is 9.04. The molecule has 0 radical (unpaired) electrons. The van der Waals surface area contributed by atoms with E-state index in [-0.39, 0.29) is 12.2 Å². The lowest BCUT2D eigenvalue weighted by atomic mass is 9.86. The van der Waals surface area contributed by atoms with E-state index in [0.717, 1.165) is 5.56 Å². The lowest BCUT2D eigenvalue weighted by Crippen LogP contribution is -2.38. The van der Waals surface area contributed by atoms with Crippen LogP contribution in [0.4, 0.5) is 4.39 Å². The Hall–Kier alpha value is -2.10. The van der Waals surface area contributed by atoms with Crippen molar-refractivity contribution in [2.75, 3.05) is 7.11 Å². The largest absolute Gasteiger partial charge is 0.497 e. The number of carboxylic acids is 1. The van der Waals surface area contributed by atoms with Crippen LogP contribution in [0, 0.1) is 0 Å². The van der Waals surface area contributed by atoms with Crippen molar-refractivity contribution in [1.82, 2.24) is 0 Å². The molecule has 0 aliphatic heterocycles. The third-order valence-electron chi connectivity index (χ3n) is 2.96. The number of halogens is 1. The van der Waals surface area contributed by atoms with Crippen molar-refractivity contribution in [3.05, 3.63) is 53.8 Å². The van der Waals surface area contributed by atoms with Crippen LogP contribution in [0.2, 0.25) is 0 Å². The quantitative estimate of drug-likeness (QED) is 0.894. The summed E-state index contributed by atoms with van der Waals surface area (Å²) in [5.74, 6) is -1.70. The molecule has 0 amide bonds. The number of hydrogen-bond acceptors (Lipinski definition) is 2. The minimum atomic E-state index is -2.49. The fourth-order valence-electron chi connectivity index (χ4n) is 1.98. The Morgan fingerprint density at radius 1 is 1.33 bits per heavy atom. The summed E-state index contributed by atoms with van der Waals surface area (Å²) >= 11 is 0. The summed E-state index contributed by atoms with van der Waals surface area (Å²) in [4.78, 5) is 11.1. The Balaban J connectivity index is 2.41. The van der Waals surface area contributed by atoms with Crippen LogP contribution in [-0.2, 0) is 9.53 Å². The van der Waals surface area contributed by atoms with Gasteiger partial charge in [-0.1, -0.05) is 36.4 Å². The van der Waals surface area contributed by atoms with Gasteiger partial charge in [-0.2, -0.15) is 0 Å². The molecule has 0 aromatic heterocycles. The van der Waals surface area contributed by atoms with Crippen molar-refractivity contribution < 1.29 is 19.0 Å². The standard InChI is InChI=1S/C14H13FO3/c1-18-12-8-7-11(9-14(12,15)13(16)17)10-5-3-2-4-6-10/h2-8H,9H2,1H3,(H,16,17). The highest BCUT2D eigenvalue weighted by molar-refractivity contribution is 5.86. The van der Waals surface area contributed by atoms with Gasteiger partial charge in [0.15, 0.2) is 0 Å². The SMILES string of the molecule is COC1=CC=C(c2ccccc2)CC1(F)C(=O)O. The zero-order chi connectivity index (χ0) is 13.2. The minimum absolute atomic E-state index is 0.172. The van der Waals surface area contributed by atoms with E-state index in [0.29, 0.717) is 5.57 Å². The van der Waals surface area contributed by atoms with Crippen molar-refractivity contribution in [2.24, 2.45) is 0 Å². The molecule has 0 bridgehead atoms. The van der Waals surface area contributed by atoms with Crippen LogP contribution >= 0.6 is 0 Å². The number of benzene rings is 1. The van der Waals surface area contributed by atoms with Gasteiger partial charge in [0.25, 0.3) is 5.67 Å². The average molecular weight is 248 g/mol. The van der Waals surface area contributed by atoms with Crippen molar-refractivity contribution in [3.63, 3.8) is 0 Å². The molecule has 3 nitrogen and oxygen atoms in total. The molecule has 0 heterocycles. The number of allylic oxidation sites excluding steroid dienone is 3. The monoisotopic (exact) mass is 248 g/mol. The lowest BCUT2D eigenvalue weighted by Gasteiger charge is -2.26. The Labute approximate surface area is 104 Å². The highest BCUT2D eigenvalue weighted by Crippen LogP contribution is 2.37. The second kappa shape index (κ2) is 4.64. The highest BCUT2D eigenvalue weighted by Gasteiger charge is 2.46. The average Bonchev–Trinajstić information content (AvgIpc) is 2.39. The van der Waals surface area contributed by atoms with Crippen LogP contribution in [0.1, 0.15) is 12.0 Å². The molecule has 2 rings (SSSR count). The molecule has 1 atom stereocenters. The number of carbonyl (C=O) groups is 1. The summed E-state index contributed by atoms with van der Waals surface area (Å²) in [5.41, 5.74) is -1.04. The fourth-order valence-corrected chi connectivity index (χ4v) is 1.98. The third kappa shape index (κ3) is 2.01. The molecule has 0 fully saturated rings.